The number of likely N-dealkylation sites (N-methyl/N-ethyl adjacent to an activating group) is 1. The number of nitrogens with two attached hydrogens (primary N) is 1. The van der Waals surface area contributed by atoms with Crippen molar-refractivity contribution >= 4 is 17.5 Å². The van der Waals surface area contributed by atoms with E-state index in [0.717, 1.165) is 36.1 Å². The first-order chi connectivity index (χ1) is 18.4. The highest BCUT2D eigenvalue weighted by atomic mass is 16.5. The number of benzene rings is 1. The van der Waals surface area contributed by atoms with E-state index < -0.39 is 0 Å². The van der Waals surface area contributed by atoms with Crippen LogP contribution >= 0.6 is 0 Å². The maximum absolute atomic E-state index is 9.48. The number of allylic oxidation sites excluding steroid dienone is 1. The molecule has 206 valence electrons. The Labute approximate surface area is 227 Å². The maximum Gasteiger partial charge on any atom is 0.256 e. The minimum atomic E-state index is -0.0861. The average Bonchev–Trinajstić information content (AvgIpc) is 3.32. The zero-order valence-electron chi connectivity index (χ0n) is 23.2. The van der Waals surface area contributed by atoms with Crippen LogP contribution in [0.5, 0.6) is 11.6 Å². The summed E-state index contributed by atoms with van der Waals surface area (Å²) in [5, 5.41) is 20.7. The molecule has 0 bridgehead atoms. The topological polar surface area (TPSA) is 123 Å². The van der Waals surface area contributed by atoms with Gasteiger partial charge in [0, 0.05) is 24.5 Å². The highest BCUT2D eigenvalue weighted by molar-refractivity contribution is 6.09. The van der Waals surface area contributed by atoms with E-state index in [9.17, 15) is 5.26 Å². The lowest BCUT2D eigenvalue weighted by Gasteiger charge is -2.21. The van der Waals surface area contributed by atoms with Gasteiger partial charge in [0.2, 0.25) is 0 Å². The van der Waals surface area contributed by atoms with Crippen molar-refractivity contribution in [1.29, 1.82) is 5.26 Å². The number of nitriles is 1. The molecule has 1 heterocycles. The summed E-state index contributed by atoms with van der Waals surface area (Å²) >= 11 is 0. The summed E-state index contributed by atoms with van der Waals surface area (Å²) in [6.07, 6.45) is 12.3. The molecule has 38 heavy (non-hydrogen) atoms. The van der Waals surface area contributed by atoms with Gasteiger partial charge in [-0.25, -0.2) is 0 Å². The standard InChI is InChI=1S/C29H43N7O2/c1-21(2)12-13-37-29-27(19-36(35-29)26-8-6-5-7-9-26)34-20-33-18-25(16-31)23-10-11-24(15-30)28(14-23)38-22(3)17-32-4/h10-11,14,16,18-19,21-22,26,32,34H,5-9,12-13,17,20,31H2,1-4H3/b25-16+,33-18-/t22-/m0/s1. The third-order valence-electron chi connectivity index (χ3n) is 6.61. The van der Waals surface area contributed by atoms with Gasteiger partial charge in [0.25, 0.3) is 5.88 Å². The molecule has 9 nitrogen and oxygen atoms in total. The number of aliphatic imine (C=N–C) groups is 1. The Balaban J connectivity index is 1.68. The van der Waals surface area contributed by atoms with Gasteiger partial charge in [-0.3, -0.25) is 9.67 Å². The van der Waals surface area contributed by atoms with Gasteiger partial charge in [0.15, 0.2) is 0 Å². The van der Waals surface area contributed by atoms with E-state index in [1.165, 1.54) is 25.5 Å². The van der Waals surface area contributed by atoms with Gasteiger partial charge in [-0.2, -0.15) is 5.26 Å². The fourth-order valence-corrected chi connectivity index (χ4v) is 4.45. The second-order valence-corrected chi connectivity index (χ2v) is 10.2. The number of aromatic nitrogens is 2. The first kappa shape index (κ1) is 29.1. The molecule has 9 heteroatoms. The quantitative estimate of drug-likeness (QED) is 0.295. The van der Waals surface area contributed by atoms with Crippen LogP contribution < -0.4 is 25.8 Å². The third kappa shape index (κ3) is 8.52. The lowest BCUT2D eigenvalue weighted by Crippen LogP contribution is -2.26. The first-order valence-electron chi connectivity index (χ1n) is 13.7. The van der Waals surface area contributed by atoms with Crippen LogP contribution in [-0.2, 0) is 0 Å². The van der Waals surface area contributed by atoms with Crippen molar-refractivity contribution in [3.05, 3.63) is 41.7 Å². The number of ether oxygens (including phenoxy) is 2. The highest BCUT2D eigenvalue weighted by Gasteiger charge is 2.19. The van der Waals surface area contributed by atoms with Crippen molar-refractivity contribution in [3.8, 4) is 17.7 Å². The Morgan fingerprint density at radius 2 is 2.08 bits per heavy atom. The molecule has 1 aliphatic carbocycles. The molecular weight excluding hydrogens is 478 g/mol. The van der Waals surface area contributed by atoms with E-state index in [0.29, 0.717) is 49.0 Å². The number of nitrogens with one attached hydrogen (secondary N) is 2. The molecule has 1 aromatic heterocycles. The molecule has 0 aliphatic heterocycles. The normalized spacial score (nSPS) is 15.5. The lowest BCUT2D eigenvalue weighted by atomic mass is 9.96. The van der Waals surface area contributed by atoms with E-state index in [1.54, 1.807) is 12.3 Å². The van der Waals surface area contributed by atoms with Gasteiger partial charge in [0.1, 0.15) is 30.3 Å². The molecule has 1 aliphatic rings. The summed E-state index contributed by atoms with van der Waals surface area (Å²) in [6, 6.07) is 8.03. The minimum absolute atomic E-state index is 0.0861. The minimum Gasteiger partial charge on any atom is -0.488 e. The molecule has 1 atom stereocenters. The van der Waals surface area contributed by atoms with Gasteiger partial charge in [0.05, 0.1) is 24.4 Å². The Hall–Kier alpha value is -3.51. The van der Waals surface area contributed by atoms with Crippen molar-refractivity contribution in [1.82, 2.24) is 15.1 Å². The van der Waals surface area contributed by atoms with Gasteiger partial charge in [-0.1, -0.05) is 39.2 Å². The Bertz CT molecular complexity index is 1110. The predicted molar refractivity (Wildman–Crippen MR) is 154 cm³/mol. The molecule has 0 unspecified atom stereocenters. The molecule has 1 aromatic carbocycles. The van der Waals surface area contributed by atoms with Gasteiger partial charge < -0.3 is 25.8 Å². The van der Waals surface area contributed by atoms with Crippen LogP contribution in [0.4, 0.5) is 5.69 Å². The summed E-state index contributed by atoms with van der Waals surface area (Å²) in [5.41, 5.74) is 8.82. The molecule has 0 saturated heterocycles. The second kappa shape index (κ2) is 15.0. The number of rotatable bonds is 14. The van der Waals surface area contributed by atoms with Crippen molar-refractivity contribution in [3.63, 3.8) is 0 Å². The molecule has 1 fully saturated rings. The van der Waals surface area contributed by atoms with Crippen LogP contribution in [0.1, 0.15) is 76.5 Å². The summed E-state index contributed by atoms with van der Waals surface area (Å²) in [7, 11) is 1.86. The fourth-order valence-electron chi connectivity index (χ4n) is 4.45. The number of nitrogens with zero attached hydrogens (tertiary/aromatic N) is 4. The van der Waals surface area contributed by atoms with Crippen LogP contribution in [0, 0.1) is 17.2 Å². The van der Waals surface area contributed by atoms with Crippen molar-refractivity contribution in [2.75, 3.05) is 32.2 Å². The molecule has 0 spiro atoms. The van der Waals surface area contributed by atoms with Crippen LogP contribution in [0.3, 0.4) is 0 Å². The van der Waals surface area contributed by atoms with Gasteiger partial charge >= 0.3 is 0 Å². The Morgan fingerprint density at radius 1 is 1.29 bits per heavy atom. The average molecular weight is 522 g/mol. The van der Waals surface area contributed by atoms with E-state index >= 15 is 0 Å². The smallest absolute Gasteiger partial charge is 0.256 e. The Morgan fingerprint density at radius 3 is 2.76 bits per heavy atom. The Kier molecular flexibility index (Phi) is 11.5. The zero-order chi connectivity index (χ0) is 27.3. The summed E-state index contributed by atoms with van der Waals surface area (Å²) < 4.78 is 14.1. The van der Waals surface area contributed by atoms with E-state index in [-0.39, 0.29) is 6.10 Å². The zero-order valence-corrected chi connectivity index (χ0v) is 23.2. The number of hydrogen-bond donors (Lipinski definition) is 3. The monoisotopic (exact) mass is 521 g/mol. The predicted octanol–water partition coefficient (Wildman–Crippen LogP) is 5.11. The van der Waals surface area contributed by atoms with Crippen molar-refractivity contribution < 1.29 is 9.47 Å². The lowest BCUT2D eigenvalue weighted by molar-refractivity contribution is 0.220. The second-order valence-electron chi connectivity index (χ2n) is 10.2. The SMILES string of the molecule is CNC[C@H](C)Oc1cc(C(/C=N\CNc2cn(C3CCCCC3)nc2OCCC(C)C)=C/N)ccc1C#N. The molecule has 0 radical (unpaired) electrons. The molecule has 1 saturated carbocycles. The van der Waals surface area contributed by atoms with E-state index in [2.05, 4.69) is 40.2 Å². The largest absolute Gasteiger partial charge is 0.488 e. The summed E-state index contributed by atoms with van der Waals surface area (Å²) in [4.78, 5) is 4.56. The number of hydrogen-bond acceptors (Lipinski definition) is 8. The van der Waals surface area contributed by atoms with Crippen LogP contribution in [-0.4, -0.2) is 49.0 Å². The molecule has 2 aromatic rings. The van der Waals surface area contributed by atoms with Crippen molar-refractivity contribution in [2.24, 2.45) is 16.6 Å². The van der Waals surface area contributed by atoms with E-state index in [4.69, 9.17) is 20.3 Å². The highest BCUT2D eigenvalue weighted by Crippen LogP contribution is 2.32. The fraction of sp³-hybridized carbons (Fsp3) is 0.552. The van der Waals surface area contributed by atoms with E-state index in [1.807, 2.05) is 32.3 Å². The summed E-state index contributed by atoms with van der Waals surface area (Å²) in [6.45, 7) is 7.97. The molecule has 3 rings (SSSR count). The molecule has 4 N–H and O–H groups in total. The van der Waals surface area contributed by atoms with Gasteiger partial charge in [-0.05, 0) is 56.8 Å². The first-order valence-corrected chi connectivity index (χ1v) is 13.7. The maximum atomic E-state index is 9.48. The van der Waals surface area contributed by atoms with Crippen molar-refractivity contribution in [2.45, 2.75) is 71.4 Å². The molecule has 0 amide bonds. The van der Waals surface area contributed by atoms with Crippen LogP contribution in [0.2, 0.25) is 0 Å². The van der Waals surface area contributed by atoms with Crippen LogP contribution in [0.25, 0.3) is 5.57 Å². The third-order valence-corrected chi connectivity index (χ3v) is 6.61. The summed E-state index contributed by atoms with van der Waals surface area (Å²) in [5.74, 6) is 1.72. The van der Waals surface area contributed by atoms with Crippen LogP contribution in [0.15, 0.2) is 35.6 Å². The molecular formula is C29H43N7O2. The van der Waals surface area contributed by atoms with Gasteiger partial charge in [-0.15, -0.1) is 5.10 Å². The number of anilines is 1.